The molecule has 2 atom stereocenters. The number of amides is 2. The maximum Gasteiger partial charge on any atom is 0.230 e. The molecule has 5 nitrogen and oxygen atoms in total. The second kappa shape index (κ2) is 7.18. The van der Waals surface area contributed by atoms with Crippen LogP contribution in [0.3, 0.4) is 0 Å². The average molecular weight is 418 g/mol. The van der Waals surface area contributed by atoms with Crippen LogP contribution in [0.5, 0.6) is 0 Å². The molecule has 2 aromatic rings. The van der Waals surface area contributed by atoms with Crippen LogP contribution in [0.25, 0.3) is 11.1 Å². The summed E-state index contributed by atoms with van der Waals surface area (Å²) in [7, 11) is 0. The lowest BCUT2D eigenvalue weighted by molar-refractivity contribution is -0.148. The average Bonchev–Trinajstić information content (AvgIpc) is 2.76. The van der Waals surface area contributed by atoms with Crippen LogP contribution in [0.2, 0.25) is 0 Å². The third-order valence-electron chi connectivity index (χ3n) is 8.28. The summed E-state index contributed by atoms with van der Waals surface area (Å²) in [4.78, 5) is 29.7. The van der Waals surface area contributed by atoms with Crippen LogP contribution in [-0.4, -0.2) is 22.8 Å². The van der Waals surface area contributed by atoms with E-state index >= 15 is 0 Å². The number of carbonyl (C=O) groups excluding carboxylic acids is 2. The molecule has 2 unspecified atom stereocenters. The van der Waals surface area contributed by atoms with E-state index in [-0.39, 0.29) is 23.3 Å². The van der Waals surface area contributed by atoms with Gasteiger partial charge in [-0.1, -0.05) is 24.3 Å². The summed E-state index contributed by atoms with van der Waals surface area (Å²) in [6.07, 6.45) is 8.41. The van der Waals surface area contributed by atoms with Gasteiger partial charge in [0.1, 0.15) is 0 Å². The largest absolute Gasteiger partial charge is 0.369 e. The molecule has 0 spiro atoms. The van der Waals surface area contributed by atoms with Gasteiger partial charge in [-0.25, -0.2) is 0 Å². The van der Waals surface area contributed by atoms with Crippen molar-refractivity contribution in [3.05, 3.63) is 54.4 Å². The SMILES string of the molecule is CC(C)(C(=O)NC1C2CC3CC1CC(C(N)=O)(C3)C2)c1ccc(-c2ccncc2)cc1. The van der Waals surface area contributed by atoms with Gasteiger partial charge in [-0.3, -0.25) is 14.6 Å². The number of primary amides is 1. The van der Waals surface area contributed by atoms with E-state index in [2.05, 4.69) is 22.4 Å². The third-order valence-corrected chi connectivity index (χ3v) is 8.28. The minimum Gasteiger partial charge on any atom is -0.369 e. The Bertz CT molecular complexity index is 983. The number of nitrogens with two attached hydrogens (primary N) is 1. The molecule has 4 saturated carbocycles. The highest BCUT2D eigenvalue weighted by molar-refractivity contribution is 5.88. The van der Waals surface area contributed by atoms with Crippen molar-refractivity contribution in [2.75, 3.05) is 0 Å². The van der Waals surface area contributed by atoms with Gasteiger partial charge in [0, 0.05) is 23.9 Å². The van der Waals surface area contributed by atoms with Crippen LogP contribution >= 0.6 is 0 Å². The molecule has 4 bridgehead atoms. The molecule has 1 aromatic heterocycles. The van der Waals surface area contributed by atoms with E-state index in [9.17, 15) is 9.59 Å². The molecule has 4 fully saturated rings. The fourth-order valence-corrected chi connectivity index (χ4v) is 6.65. The van der Waals surface area contributed by atoms with Crippen LogP contribution in [0.1, 0.15) is 51.5 Å². The molecular weight excluding hydrogens is 386 g/mol. The molecule has 0 saturated heterocycles. The van der Waals surface area contributed by atoms with Gasteiger partial charge in [-0.15, -0.1) is 0 Å². The Morgan fingerprint density at radius 2 is 1.55 bits per heavy atom. The number of nitrogens with zero attached hydrogens (tertiary/aromatic N) is 1. The number of pyridine rings is 1. The maximum absolute atomic E-state index is 13.4. The molecule has 3 N–H and O–H groups in total. The summed E-state index contributed by atoms with van der Waals surface area (Å²) in [6.45, 7) is 3.98. The summed E-state index contributed by atoms with van der Waals surface area (Å²) in [6, 6.07) is 12.4. The fourth-order valence-electron chi connectivity index (χ4n) is 6.65. The first-order chi connectivity index (χ1) is 14.8. The number of benzene rings is 1. The standard InChI is InChI=1S/C26H31N3O2/c1-25(2,21-5-3-17(4-6-21)18-7-9-28-10-8-18)24(31)29-22-19-11-16-12-20(22)15-26(13-16,14-19)23(27)30/h3-10,16,19-20,22H,11-15H2,1-2H3,(H2,27,30)(H,29,31). The van der Waals surface area contributed by atoms with Crippen molar-refractivity contribution in [3.63, 3.8) is 0 Å². The molecule has 5 heteroatoms. The Morgan fingerprint density at radius 3 is 2.13 bits per heavy atom. The first-order valence-corrected chi connectivity index (χ1v) is 11.4. The number of carbonyl (C=O) groups is 2. The van der Waals surface area contributed by atoms with Crippen LogP contribution < -0.4 is 11.1 Å². The molecule has 6 rings (SSSR count). The van der Waals surface area contributed by atoms with E-state index in [0.29, 0.717) is 17.8 Å². The molecule has 0 radical (unpaired) electrons. The smallest absolute Gasteiger partial charge is 0.230 e. The van der Waals surface area contributed by atoms with Gasteiger partial charge >= 0.3 is 0 Å². The van der Waals surface area contributed by atoms with Crippen molar-refractivity contribution < 1.29 is 9.59 Å². The van der Waals surface area contributed by atoms with Gasteiger partial charge in [0.25, 0.3) is 0 Å². The lowest BCUT2D eigenvalue weighted by atomic mass is 9.47. The molecule has 0 aliphatic heterocycles. The minimum atomic E-state index is -0.632. The lowest BCUT2D eigenvalue weighted by Gasteiger charge is -2.59. The maximum atomic E-state index is 13.4. The predicted molar refractivity (Wildman–Crippen MR) is 120 cm³/mol. The van der Waals surface area contributed by atoms with Crippen molar-refractivity contribution >= 4 is 11.8 Å². The topological polar surface area (TPSA) is 85.1 Å². The summed E-state index contributed by atoms with van der Waals surface area (Å²) in [5.74, 6) is 1.26. The number of nitrogens with one attached hydrogen (secondary N) is 1. The minimum absolute atomic E-state index is 0.0646. The summed E-state index contributed by atoms with van der Waals surface area (Å²) in [5, 5.41) is 3.40. The second-order valence-electron chi connectivity index (χ2n) is 10.6. The summed E-state index contributed by atoms with van der Waals surface area (Å²) < 4.78 is 0. The fraction of sp³-hybridized carbons (Fsp3) is 0.500. The van der Waals surface area contributed by atoms with Gasteiger partial charge in [-0.05, 0) is 92.5 Å². The molecule has 4 aliphatic carbocycles. The van der Waals surface area contributed by atoms with Crippen molar-refractivity contribution in [2.24, 2.45) is 28.9 Å². The normalized spacial score (nSPS) is 31.4. The Balaban J connectivity index is 1.32. The summed E-state index contributed by atoms with van der Waals surface area (Å²) >= 11 is 0. The van der Waals surface area contributed by atoms with E-state index < -0.39 is 5.41 Å². The van der Waals surface area contributed by atoms with E-state index in [1.165, 1.54) is 0 Å². The highest BCUT2D eigenvalue weighted by atomic mass is 16.2. The predicted octanol–water partition coefficient (Wildman–Crippen LogP) is 3.82. The van der Waals surface area contributed by atoms with E-state index in [4.69, 9.17) is 5.73 Å². The molecule has 4 aliphatic rings. The van der Waals surface area contributed by atoms with Crippen LogP contribution in [0.15, 0.2) is 48.8 Å². The first-order valence-electron chi connectivity index (χ1n) is 11.4. The number of hydrogen-bond donors (Lipinski definition) is 2. The molecule has 1 heterocycles. The van der Waals surface area contributed by atoms with Crippen molar-refractivity contribution in [2.45, 2.75) is 57.4 Å². The Hall–Kier alpha value is -2.69. The zero-order valence-corrected chi connectivity index (χ0v) is 18.3. The van der Waals surface area contributed by atoms with Crippen molar-refractivity contribution in [1.82, 2.24) is 10.3 Å². The van der Waals surface area contributed by atoms with E-state index in [1.54, 1.807) is 12.4 Å². The highest BCUT2D eigenvalue weighted by Crippen LogP contribution is 2.60. The van der Waals surface area contributed by atoms with Gasteiger partial charge < -0.3 is 11.1 Å². The Kier molecular flexibility index (Phi) is 4.68. The van der Waals surface area contributed by atoms with Gasteiger partial charge in [0.15, 0.2) is 0 Å². The second-order valence-corrected chi connectivity index (χ2v) is 10.6. The van der Waals surface area contributed by atoms with Gasteiger partial charge in [0.05, 0.1) is 5.41 Å². The zero-order valence-electron chi connectivity index (χ0n) is 18.3. The Labute approximate surface area is 183 Å². The van der Waals surface area contributed by atoms with Crippen molar-refractivity contribution in [1.29, 1.82) is 0 Å². The zero-order chi connectivity index (χ0) is 21.8. The molecular formula is C26H31N3O2. The van der Waals surface area contributed by atoms with Crippen molar-refractivity contribution in [3.8, 4) is 11.1 Å². The lowest BCUT2D eigenvalue weighted by Crippen LogP contribution is -2.63. The number of rotatable bonds is 5. The third kappa shape index (κ3) is 3.35. The molecule has 1 aromatic carbocycles. The van der Waals surface area contributed by atoms with Crippen LogP contribution in [-0.2, 0) is 15.0 Å². The quantitative estimate of drug-likeness (QED) is 0.775. The molecule has 162 valence electrons. The Morgan fingerprint density at radius 1 is 0.968 bits per heavy atom. The van der Waals surface area contributed by atoms with E-state index in [0.717, 1.165) is 48.8 Å². The molecule has 31 heavy (non-hydrogen) atoms. The molecule has 2 amide bonds. The first kappa shape index (κ1) is 20.2. The monoisotopic (exact) mass is 417 g/mol. The number of hydrogen-bond acceptors (Lipinski definition) is 3. The van der Waals surface area contributed by atoms with E-state index in [1.807, 2.05) is 38.1 Å². The highest BCUT2D eigenvalue weighted by Gasteiger charge is 2.58. The van der Waals surface area contributed by atoms with Gasteiger partial charge in [-0.2, -0.15) is 0 Å². The van der Waals surface area contributed by atoms with Crippen LogP contribution in [0.4, 0.5) is 0 Å². The number of aromatic nitrogens is 1. The summed E-state index contributed by atoms with van der Waals surface area (Å²) in [5.41, 5.74) is 8.08. The van der Waals surface area contributed by atoms with Crippen LogP contribution in [0, 0.1) is 23.2 Å². The van der Waals surface area contributed by atoms with Gasteiger partial charge in [0.2, 0.25) is 11.8 Å².